The number of aliphatic carboxylic acids is 2. The van der Waals surface area contributed by atoms with Crippen LogP contribution in [0.4, 0.5) is 0 Å². The molecule has 3 aliphatic heterocycles. The lowest BCUT2D eigenvalue weighted by Gasteiger charge is -2.71. The summed E-state index contributed by atoms with van der Waals surface area (Å²) in [5, 5.41) is 118. The van der Waals surface area contributed by atoms with Crippen LogP contribution in [0, 0.1) is 50.2 Å². The van der Waals surface area contributed by atoms with Crippen molar-refractivity contribution in [2.75, 3.05) is 13.2 Å². The summed E-state index contributed by atoms with van der Waals surface area (Å²) in [6, 6.07) is 0. The van der Waals surface area contributed by atoms with E-state index in [1.54, 1.807) is 6.92 Å². The zero-order valence-corrected chi connectivity index (χ0v) is 39.0. The van der Waals surface area contributed by atoms with Gasteiger partial charge in [-0.05, 0) is 97.2 Å². The van der Waals surface area contributed by atoms with E-state index in [9.17, 15) is 70.6 Å². The number of fused-ring (bicyclic) bond motifs is 7. The highest BCUT2D eigenvalue weighted by atomic mass is 16.8. The zero-order valence-electron chi connectivity index (χ0n) is 39.0. The molecule has 20 heteroatoms. The molecule has 380 valence electrons. The number of aliphatic hydroxyl groups is 9. The fourth-order valence-electron chi connectivity index (χ4n) is 14.8. The number of carbonyl (C=O) groups is 3. The topological polar surface area (TPSA) is 329 Å². The molecule has 0 radical (unpaired) electrons. The Labute approximate surface area is 389 Å². The molecule has 8 aliphatic rings. The maximum Gasteiger partial charge on any atom is 0.335 e. The monoisotopic (exact) mass is 956 g/mol. The number of carboxylic acids is 2. The molecule has 0 aromatic heterocycles. The second-order valence-corrected chi connectivity index (χ2v) is 22.8. The fraction of sp³-hybridized carbons (Fsp3) is 0.894. The maximum absolute atomic E-state index is 13.8. The number of aldehydes is 1. The van der Waals surface area contributed by atoms with Gasteiger partial charge in [-0.25, -0.2) is 4.79 Å². The smallest absolute Gasteiger partial charge is 0.335 e. The number of allylic oxidation sites excluding steroid dienone is 2. The van der Waals surface area contributed by atoms with E-state index >= 15 is 0 Å². The van der Waals surface area contributed by atoms with Crippen molar-refractivity contribution in [2.45, 2.75) is 198 Å². The van der Waals surface area contributed by atoms with Crippen molar-refractivity contribution in [3.05, 3.63) is 11.6 Å². The van der Waals surface area contributed by atoms with Gasteiger partial charge in [-0.3, -0.25) is 4.79 Å². The lowest BCUT2D eigenvalue weighted by molar-refractivity contribution is -0.391. The van der Waals surface area contributed by atoms with Gasteiger partial charge >= 0.3 is 11.9 Å². The van der Waals surface area contributed by atoms with E-state index < -0.39 is 150 Å². The van der Waals surface area contributed by atoms with Crippen molar-refractivity contribution >= 4 is 18.2 Å². The van der Waals surface area contributed by atoms with Crippen LogP contribution < -0.4 is 0 Å². The first-order valence-electron chi connectivity index (χ1n) is 23.8. The van der Waals surface area contributed by atoms with E-state index in [1.165, 1.54) is 0 Å². The molecule has 15 unspecified atom stereocenters. The Balaban J connectivity index is 1.13. The number of ether oxygens (including phenoxy) is 6. The Hall–Kier alpha value is -2.25. The van der Waals surface area contributed by atoms with Gasteiger partial charge in [0.05, 0.1) is 30.8 Å². The Kier molecular flexibility index (Phi) is 13.6. The summed E-state index contributed by atoms with van der Waals surface area (Å²) in [4.78, 5) is 39.8. The molecule has 11 N–H and O–H groups in total. The fourth-order valence-corrected chi connectivity index (χ4v) is 14.8. The van der Waals surface area contributed by atoms with Crippen LogP contribution in [-0.4, -0.2) is 186 Å². The van der Waals surface area contributed by atoms with Crippen molar-refractivity contribution in [1.82, 2.24) is 0 Å². The maximum atomic E-state index is 13.8. The average molecular weight is 957 g/mol. The van der Waals surface area contributed by atoms with Crippen molar-refractivity contribution < 1.29 is 99.0 Å². The summed E-state index contributed by atoms with van der Waals surface area (Å²) in [5.74, 6) is -3.36. The zero-order chi connectivity index (χ0) is 49.1. The highest BCUT2D eigenvalue weighted by Gasteiger charge is 2.72. The average Bonchev–Trinajstić information content (AvgIpc) is 3.26. The minimum atomic E-state index is -2.14. The van der Waals surface area contributed by atoms with Crippen molar-refractivity contribution in [1.29, 1.82) is 0 Å². The summed E-state index contributed by atoms with van der Waals surface area (Å²) >= 11 is 0. The number of hydrogen-bond donors (Lipinski definition) is 11. The predicted octanol–water partition coefficient (Wildman–Crippen LogP) is -0.413. The minimum Gasteiger partial charge on any atom is -0.481 e. The van der Waals surface area contributed by atoms with E-state index in [1.807, 2.05) is 0 Å². The summed E-state index contributed by atoms with van der Waals surface area (Å²) < 4.78 is 35.9. The van der Waals surface area contributed by atoms with Crippen LogP contribution in [0.3, 0.4) is 0 Å². The molecule has 8 rings (SSSR count). The van der Waals surface area contributed by atoms with Gasteiger partial charge in [0.15, 0.2) is 25.0 Å². The van der Waals surface area contributed by atoms with Crippen molar-refractivity contribution in [2.24, 2.45) is 50.2 Å². The van der Waals surface area contributed by atoms with Gasteiger partial charge in [0.1, 0.15) is 72.7 Å². The van der Waals surface area contributed by atoms with E-state index in [-0.39, 0.29) is 36.0 Å². The third-order valence-corrected chi connectivity index (χ3v) is 18.9. The first-order valence-corrected chi connectivity index (χ1v) is 23.8. The SMILES string of the molecule is CC1(C)CC[C@]2(C(=O)O)C(O)CC3(C)C(=CCC4C5(C)CC[C@H](O[C@@H]6OC(C(=O)O)[C@@H](O)C(O[C@@H]7OC[C@@H](O)C(O)C7O)C6O[C@@H]6OC(CO)[C@H](O)C(O)C6O)C(C)(C=O)C5CCC43C)[C@H]2C1. The van der Waals surface area contributed by atoms with Gasteiger partial charge < -0.3 is 89.4 Å². The molecule has 0 aromatic rings. The van der Waals surface area contributed by atoms with E-state index in [2.05, 4.69) is 40.7 Å². The van der Waals surface area contributed by atoms with Gasteiger partial charge in [-0.1, -0.05) is 53.2 Å². The van der Waals surface area contributed by atoms with Crippen molar-refractivity contribution in [3.63, 3.8) is 0 Å². The second kappa shape index (κ2) is 17.8. The quantitative estimate of drug-likeness (QED) is 0.0753. The third kappa shape index (κ3) is 7.78. The Morgan fingerprint density at radius 2 is 1.40 bits per heavy atom. The first-order chi connectivity index (χ1) is 31.3. The number of carbonyl (C=O) groups excluding carboxylic acids is 1. The molecule has 0 aromatic carbocycles. The van der Waals surface area contributed by atoms with Crippen LogP contribution in [0.25, 0.3) is 0 Å². The summed E-state index contributed by atoms with van der Waals surface area (Å²) in [6.45, 7) is 11.3. The van der Waals surface area contributed by atoms with Crippen LogP contribution in [0.2, 0.25) is 0 Å². The Bertz CT molecular complexity index is 1910. The van der Waals surface area contributed by atoms with Gasteiger partial charge in [0.2, 0.25) is 0 Å². The third-order valence-electron chi connectivity index (χ3n) is 18.9. The summed E-state index contributed by atoms with van der Waals surface area (Å²) in [5.41, 5.74) is -3.10. The first kappa shape index (κ1) is 51.1. The molecule has 3 heterocycles. The molecule has 67 heavy (non-hydrogen) atoms. The van der Waals surface area contributed by atoms with Gasteiger partial charge in [0.25, 0.3) is 0 Å². The lowest BCUT2D eigenvalue weighted by atomic mass is 9.33. The van der Waals surface area contributed by atoms with E-state index in [0.29, 0.717) is 44.9 Å². The largest absolute Gasteiger partial charge is 0.481 e. The lowest BCUT2D eigenvalue weighted by Crippen LogP contribution is -2.69. The number of aliphatic hydroxyl groups excluding tert-OH is 9. The molecule has 3 saturated heterocycles. The van der Waals surface area contributed by atoms with Crippen LogP contribution in [0.1, 0.15) is 99.3 Å². The molecular formula is C47H72O20. The van der Waals surface area contributed by atoms with E-state index in [0.717, 1.165) is 11.9 Å². The normalized spacial score (nSPS) is 54.0. The molecule has 0 amide bonds. The Morgan fingerprint density at radius 3 is 2.04 bits per heavy atom. The standard InChI is InChI=1S/C47H72O20/c1-42(2)13-14-47(41(60)61)21(15-42)20-7-8-25-43(3)11-10-27(44(4,19-49)24(43)9-12-45(25,5)46(20,6)16-26(47)51)64-40-36(67-39-32(56)30(54)29(53)23(17-48)63-39)34(33(57)35(66-40)37(58)59)65-38-31(55)28(52)22(50)18-62-38/h7,19,21-36,38-40,48,50-57H,8-18H2,1-6H3,(H,58,59)(H,60,61)/t21-,22-,23?,24?,25?,26?,27+,28?,29+,30?,31?,32?,33+,34?,35?,36?,38+,39+,40-,43?,44?,45?,46?,47-/m1/s1. The van der Waals surface area contributed by atoms with Crippen LogP contribution in [0.5, 0.6) is 0 Å². The summed E-state index contributed by atoms with van der Waals surface area (Å²) in [7, 11) is 0. The molecule has 0 spiro atoms. The van der Waals surface area contributed by atoms with Crippen LogP contribution in [-0.2, 0) is 42.8 Å². The highest BCUT2D eigenvalue weighted by molar-refractivity contribution is 5.78. The molecule has 5 aliphatic carbocycles. The molecular weight excluding hydrogens is 884 g/mol. The second-order valence-electron chi connectivity index (χ2n) is 22.8. The van der Waals surface area contributed by atoms with E-state index in [4.69, 9.17) is 28.4 Å². The predicted molar refractivity (Wildman–Crippen MR) is 227 cm³/mol. The number of rotatable bonds is 10. The molecule has 24 atom stereocenters. The molecule has 7 fully saturated rings. The van der Waals surface area contributed by atoms with Gasteiger partial charge in [-0.15, -0.1) is 0 Å². The van der Waals surface area contributed by atoms with Crippen LogP contribution in [0.15, 0.2) is 11.6 Å². The Morgan fingerprint density at radius 1 is 0.731 bits per heavy atom. The van der Waals surface area contributed by atoms with Gasteiger partial charge in [0, 0.05) is 0 Å². The molecule has 0 bridgehead atoms. The van der Waals surface area contributed by atoms with Gasteiger partial charge in [-0.2, -0.15) is 0 Å². The molecule has 4 saturated carbocycles. The van der Waals surface area contributed by atoms with Crippen LogP contribution >= 0.6 is 0 Å². The minimum absolute atomic E-state index is 0.0258. The molecule has 20 nitrogen and oxygen atoms in total. The number of carboxylic acid groups (broad SMARTS) is 2. The summed E-state index contributed by atoms with van der Waals surface area (Å²) in [6.07, 6.45) is -20.5. The highest BCUT2D eigenvalue weighted by Crippen LogP contribution is 2.76. The number of hydrogen-bond acceptors (Lipinski definition) is 18. The van der Waals surface area contributed by atoms with Crippen molar-refractivity contribution in [3.8, 4) is 0 Å².